The Balaban J connectivity index is 1.67. The number of carboxylic acid groups (broad SMARTS) is 1. The Morgan fingerprint density at radius 3 is 2.54 bits per heavy atom. The molecule has 0 aromatic carbocycles. The largest absolute Gasteiger partial charge is 0.481 e. The normalized spacial score (nSPS) is 49.0. The van der Waals surface area contributed by atoms with E-state index in [9.17, 15) is 9.90 Å². The van der Waals surface area contributed by atoms with Crippen molar-refractivity contribution >= 4 is 5.97 Å². The molecule has 4 fully saturated rings. The maximum Gasteiger partial charge on any atom is 0.310 e. The Kier molecular flexibility index (Phi) is 5.64. The predicted molar refractivity (Wildman–Crippen MR) is 115 cm³/mol. The fraction of sp³-hybridized carbons (Fsp3) is 0.962. The van der Waals surface area contributed by atoms with Crippen LogP contribution < -0.4 is 0 Å². The van der Waals surface area contributed by atoms with Gasteiger partial charge in [0.25, 0.3) is 0 Å². The van der Waals surface area contributed by atoms with Crippen LogP contribution in [-0.2, 0) is 4.79 Å². The molecular weight excluding hydrogens is 344 g/mol. The molecule has 28 heavy (non-hydrogen) atoms. The van der Waals surface area contributed by atoms with Crippen molar-refractivity contribution < 1.29 is 9.90 Å². The van der Waals surface area contributed by atoms with Crippen molar-refractivity contribution in [3.05, 3.63) is 0 Å². The summed E-state index contributed by atoms with van der Waals surface area (Å²) in [6, 6.07) is 0. The van der Waals surface area contributed by atoms with Crippen molar-refractivity contribution in [2.75, 3.05) is 0 Å². The molecule has 4 aliphatic rings. The molecule has 4 saturated carbocycles. The summed E-state index contributed by atoms with van der Waals surface area (Å²) in [5, 5.41) is 10.5. The Morgan fingerprint density at radius 1 is 1.07 bits per heavy atom. The minimum Gasteiger partial charge on any atom is -0.481 e. The van der Waals surface area contributed by atoms with E-state index in [1.165, 1.54) is 64.2 Å². The van der Waals surface area contributed by atoms with Gasteiger partial charge in [-0.2, -0.15) is 0 Å². The highest BCUT2D eigenvalue weighted by Gasteiger charge is 2.65. The number of hydrogen-bond donors (Lipinski definition) is 1. The molecule has 2 heteroatoms. The highest BCUT2D eigenvalue weighted by atomic mass is 16.4. The average molecular weight is 389 g/mol. The topological polar surface area (TPSA) is 37.3 Å². The van der Waals surface area contributed by atoms with Crippen LogP contribution in [0.1, 0.15) is 105 Å². The van der Waals surface area contributed by atoms with Crippen LogP contribution >= 0.6 is 0 Å². The summed E-state index contributed by atoms with van der Waals surface area (Å²) in [4.78, 5) is 12.7. The second-order valence-electron chi connectivity index (χ2n) is 11.5. The van der Waals surface area contributed by atoms with E-state index in [2.05, 4.69) is 27.7 Å². The maximum atomic E-state index is 12.7. The van der Waals surface area contributed by atoms with E-state index in [0.29, 0.717) is 23.2 Å². The molecule has 4 aliphatic carbocycles. The summed E-state index contributed by atoms with van der Waals surface area (Å²) < 4.78 is 0. The van der Waals surface area contributed by atoms with Gasteiger partial charge in [-0.1, -0.05) is 59.8 Å². The number of carboxylic acids is 1. The van der Waals surface area contributed by atoms with E-state index in [-0.39, 0.29) is 5.41 Å². The Labute approximate surface area is 173 Å². The van der Waals surface area contributed by atoms with Crippen molar-refractivity contribution in [3.8, 4) is 0 Å². The minimum absolute atomic E-state index is 0.378. The molecule has 0 saturated heterocycles. The molecule has 4 rings (SSSR count). The first-order valence-corrected chi connectivity index (χ1v) is 12.6. The number of hydrogen-bond acceptors (Lipinski definition) is 1. The molecule has 160 valence electrons. The van der Waals surface area contributed by atoms with Gasteiger partial charge in [-0.3, -0.25) is 4.79 Å². The van der Waals surface area contributed by atoms with Gasteiger partial charge in [-0.05, 0) is 91.8 Å². The molecule has 2 nitrogen and oxygen atoms in total. The molecule has 0 bridgehead atoms. The zero-order valence-corrected chi connectivity index (χ0v) is 18.9. The lowest BCUT2D eigenvalue weighted by atomic mass is 9.44. The maximum absolute atomic E-state index is 12.7. The van der Waals surface area contributed by atoms with Crippen LogP contribution in [-0.4, -0.2) is 11.1 Å². The lowest BCUT2D eigenvalue weighted by molar-refractivity contribution is -0.179. The van der Waals surface area contributed by atoms with Gasteiger partial charge < -0.3 is 5.11 Å². The summed E-state index contributed by atoms with van der Waals surface area (Å²) in [7, 11) is 0. The number of rotatable bonds is 5. The first-order chi connectivity index (χ1) is 13.4. The Bertz CT molecular complexity index is 585. The van der Waals surface area contributed by atoms with E-state index in [1.807, 2.05) is 0 Å². The monoisotopic (exact) mass is 388 g/mol. The molecule has 0 aromatic heterocycles. The van der Waals surface area contributed by atoms with Gasteiger partial charge in [0.2, 0.25) is 0 Å². The van der Waals surface area contributed by atoms with E-state index < -0.39 is 5.97 Å². The lowest BCUT2D eigenvalue weighted by Crippen LogP contribution is -2.57. The highest BCUT2D eigenvalue weighted by molar-refractivity contribution is 5.76. The van der Waals surface area contributed by atoms with Crippen molar-refractivity contribution in [2.45, 2.75) is 105 Å². The van der Waals surface area contributed by atoms with Crippen LogP contribution in [0.5, 0.6) is 0 Å². The van der Waals surface area contributed by atoms with Gasteiger partial charge in [0.15, 0.2) is 0 Å². The van der Waals surface area contributed by atoms with Crippen molar-refractivity contribution in [3.63, 3.8) is 0 Å². The summed E-state index contributed by atoms with van der Waals surface area (Å²) in [6.45, 7) is 9.89. The van der Waals surface area contributed by atoms with E-state index in [4.69, 9.17) is 0 Å². The molecule has 2 unspecified atom stereocenters. The molecule has 9 atom stereocenters. The van der Waals surface area contributed by atoms with Gasteiger partial charge in [-0.25, -0.2) is 0 Å². The average Bonchev–Trinajstić information content (AvgIpc) is 3.00. The SMILES string of the molecule is CCC[C@@H](C)[C@H]1C(CC)C[C@H]2[C@@H]3CCC4CCCC[C@]4(C(=O)O)[C@H]3CC[C@]12C. The smallest absolute Gasteiger partial charge is 0.310 e. The number of aliphatic carboxylic acids is 1. The third-order valence-corrected chi connectivity index (χ3v) is 10.6. The molecule has 0 spiro atoms. The first-order valence-electron chi connectivity index (χ1n) is 12.6. The summed E-state index contributed by atoms with van der Waals surface area (Å²) in [5.74, 6) is 4.48. The summed E-state index contributed by atoms with van der Waals surface area (Å²) in [5.41, 5.74) is 0.0783. The molecule has 0 aliphatic heterocycles. The molecule has 0 heterocycles. The molecule has 0 aromatic rings. The predicted octanol–water partition coefficient (Wildman–Crippen LogP) is 7.17. The van der Waals surface area contributed by atoms with Gasteiger partial charge in [-0.15, -0.1) is 0 Å². The second kappa shape index (κ2) is 7.62. The number of carbonyl (C=O) groups is 1. The Hall–Kier alpha value is -0.530. The summed E-state index contributed by atoms with van der Waals surface area (Å²) >= 11 is 0. The van der Waals surface area contributed by atoms with E-state index >= 15 is 0 Å². The highest BCUT2D eigenvalue weighted by Crippen LogP contribution is 2.70. The molecular formula is C26H44O2. The lowest BCUT2D eigenvalue weighted by Gasteiger charge is -2.60. The number of fused-ring (bicyclic) bond motifs is 5. The van der Waals surface area contributed by atoms with Crippen molar-refractivity contribution in [2.24, 2.45) is 52.3 Å². The van der Waals surface area contributed by atoms with Gasteiger partial charge in [0.1, 0.15) is 0 Å². The first kappa shape index (κ1) is 20.7. The van der Waals surface area contributed by atoms with Crippen LogP contribution in [0.25, 0.3) is 0 Å². The summed E-state index contributed by atoms with van der Waals surface area (Å²) in [6.07, 6.45) is 14.9. The molecule has 1 N–H and O–H groups in total. The van der Waals surface area contributed by atoms with Crippen LogP contribution in [0.3, 0.4) is 0 Å². The van der Waals surface area contributed by atoms with E-state index in [1.54, 1.807) is 0 Å². The zero-order chi connectivity index (χ0) is 20.1. The van der Waals surface area contributed by atoms with Gasteiger partial charge in [0, 0.05) is 0 Å². The van der Waals surface area contributed by atoms with Crippen molar-refractivity contribution in [1.82, 2.24) is 0 Å². The van der Waals surface area contributed by atoms with E-state index in [0.717, 1.165) is 36.5 Å². The van der Waals surface area contributed by atoms with Crippen LogP contribution in [0, 0.1) is 52.3 Å². The third-order valence-electron chi connectivity index (χ3n) is 10.6. The quantitative estimate of drug-likeness (QED) is 0.542. The zero-order valence-electron chi connectivity index (χ0n) is 18.9. The second-order valence-corrected chi connectivity index (χ2v) is 11.5. The molecule has 0 amide bonds. The molecule has 0 radical (unpaired) electrons. The van der Waals surface area contributed by atoms with Crippen LogP contribution in [0.4, 0.5) is 0 Å². The van der Waals surface area contributed by atoms with Gasteiger partial charge in [0.05, 0.1) is 5.41 Å². The Morgan fingerprint density at radius 2 is 1.86 bits per heavy atom. The van der Waals surface area contributed by atoms with Gasteiger partial charge >= 0.3 is 5.97 Å². The fourth-order valence-electron chi connectivity index (χ4n) is 9.71. The van der Waals surface area contributed by atoms with Crippen LogP contribution in [0.2, 0.25) is 0 Å². The third kappa shape index (κ3) is 2.83. The van der Waals surface area contributed by atoms with Crippen LogP contribution in [0.15, 0.2) is 0 Å². The fourth-order valence-corrected chi connectivity index (χ4v) is 9.71. The standard InChI is InChI=1S/C26H44O2/c1-5-9-17(3)23-18(6-2)16-22-20-12-11-19-10-7-8-14-26(19,24(27)28)21(20)13-15-25(22,23)4/h17-23H,5-16H2,1-4H3,(H,27,28)/t17-,18?,19?,20-,21+,22+,23+,25+,26-/m1/s1. The minimum atomic E-state index is -0.434. The van der Waals surface area contributed by atoms with Crippen molar-refractivity contribution in [1.29, 1.82) is 0 Å².